The summed E-state index contributed by atoms with van der Waals surface area (Å²) in [4.78, 5) is 15.3. The Hall–Kier alpha value is -2.38. The summed E-state index contributed by atoms with van der Waals surface area (Å²) < 4.78 is 1.87. The number of halogens is 1. The molecule has 0 spiro atoms. The van der Waals surface area contributed by atoms with E-state index in [1.165, 1.54) is 6.92 Å². The summed E-state index contributed by atoms with van der Waals surface area (Å²) in [6.07, 6.45) is 3.39. The predicted octanol–water partition coefficient (Wildman–Crippen LogP) is 3.57. The van der Waals surface area contributed by atoms with Crippen molar-refractivity contribution >= 4 is 35.0 Å². The number of thioether (sulfide) groups is 1. The van der Waals surface area contributed by atoms with E-state index in [2.05, 4.69) is 20.5 Å². The molecule has 0 atom stereocenters. The second-order valence-corrected chi connectivity index (χ2v) is 6.32. The lowest BCUT2D eigenvalue weighted by atomic mass is 10.2. The van der Waals surface area contributed by atoms with Crippen LogP contribution in [0, 0.1) is 0 Å². The highest BCUT2D eigenvalue weighted by atomic mass is 35.5. The molecule has 2 aromatic heterocycles. The van der Waals surface area contributed by atoms with E-state index in [1.807, 2.05) is 34.9 Å². The van der Waals surface area contributed by atoms with Crippen molar-refractivity contribution in [1.82, 2.24) is 19.7 Å². The van der Waals surface area contributed by atoms with Crippen molar-refractivity contribution in [2.75, 3.05) is 5.32 Å². The number of benzene rings is 1. The summed E-state index contributed by atoms with van der Waals surface area (Å²) in [6, 6.07) is 11.2. The lowest BCUT2D eigenvalue weighted by Gasteiger charge is -2.08. The van der Waals surface area contributed by atoms with E-state index in [1.54, 1.807) is 30.4 Å². The Morgan fingerprint density at radius 3 is 2.96 bits per heavy atom. The molecule has 0 saturated carbocycles. The Morgan fingerprint density at radius 1 is 1.33 bits per heavy atom. The van der Waals surface area contributed by atoms with Crippen LogP contribution in [0.3, 0.4) is 0 Å². The normalized spacial score (nSPS) is 10.6. The van der Waals surface area contributed by atoms with Gasteiger partial charge in [0.05, 0.1) is 5.69 Å². The van der Waals surface area contributed by atoms with E-state index < -0.39 is 0 Å². The third-order valence-electron chi connectivity index (χ3n) is 3.12. The molecule has 0 unspecified atom stereocenters. The Labute approximate surface area is 148 Å². The fourth-order valence-corrected chi connectivity index (χ4v) is 3.05. The minimum atomic E-state index is -0.110. The van der Waals surface area contributed by atoms with E-state index >= 15 is 0 Å². The van der Waals surface area contributed by atoms with Crippen LogP contribution in [0.1, 0.15) is 12.5 Å². The van der Waals surface area contributed by atoms with Crippen LogP contribution in [0.4, 0.5) is 5.69 Å². The van der Waals surface area contributed by atoms with Gasteiger partial charge < -0.3 is 5.32 Å². The Morgan fingerprint density at radius 2 is 2.21 bits per heavy atom. The molecule has 3 aromatic rings. The molecule has 24 heavy (non-hydrogen) atoms. The molecule has 2 heterocycles. The van der Waals surface area contributed by atoms with E-state index in [4.69, 9.17) is 11.6 Å². The number of nitrogens with zero attached hydrogens (tertiary/aromatic N) is 4. The van der Waals surface area contributed by atoms with Crippen LogP contribution in [0.5, 0.6) is 0 Å². The van der Waals surface area contributed by atoms with E-state index in [-0.39, 0.29) is 5.91 Å². The van der Waals surface area contributed by atoms with Gasteiger partial charge >= 0.3 is 0 Å². The minimum absolute atomic E-state index is 0.110. The number of carbonyl (C=O) groups is 1. The summed E-state index contributed by atoms with van der Waals surface area (Å²) in [5.74, 6) is 0.592. The minimum Gasteiger partial charge on any atom is -0.326 e. The molecule has 1 N–H and O–H groups in total. The average molecular weight is 360 g/mol. The molecule has 0 aliphatic heterocycles. The van der Waals surface area contributed by atoms with Crippen molar-refractivity contribution in [2.24, 2.45) is 0 Å². The molecule has 0 fully saturated rings. The first kappa shape index (κ1) is 16.5. The highest BCUT2D eigenvalue weighted by Gasteiger charge is 2.09. The van der Waals surface area contributed by atoms with Crippen molar-refractivity contribution in [3.05, 3.63) is 59.6 Å². The first-order valence-corrected chi connectivity index (χ1v) is 8.49. The third-order valence-corrected chi connectivity index (χ3v) is 4.36. The van der Waals surface area contributed by atoms with Gasteiger partial charge in [0.25, 0.3) is 0 Å². The molecule has 0 aliphatic rings. The van der Waals surface area contributed by atoms with Gasteiger partial charge in [-0.3, -0.25) is 9.36 Å². The average Bonchev–Trinajstić information content (AvgIpc) is 3.02. The standard InChI is InChI=1S/C16H14ClN5OS/c1-11(23)20-13-3-2-4-14(7-13)22-10-19-21-16(22)24-9-12-5-6-15(17)18-8-12/h2-8,10H,9H2,1H3,(H,20,23). The monoisotopic (exact) mass is 359 g/mol. The van der Waals surface area contributed by atoms with Crippen molar-refractivity contribution in [2.45, 2.75) is 17.8 Å². The lowest BCUT2D eigenvalue weighted by molar-refractivity contribution is -0.114. The number of amides is 1. The largest absolute Gasteiger partial charge is 0.326 e. The van der Waals surface area contributed by atoms with Crippen LogP contribution < -0.4 is 5.32 Å². The third kappa shape index (κ3) is 4.12. The van der Waals surface area contributed by atoms with E-state index in [0.29, 0.717) is 10.9 Å². The Bertz CT molecular complexity index is 850. The fraction of sp³-hybridized carbons (Fsp3) is 0.125. The number of hydrogen-bond acceptors (Lipinski definition) is 5. The highest BCUT2D eigenvalue weighted by molar-refractivity contribution is 7.98. The van der Waals surface area contributed by atoms with Gasteiger partial charge in [-0.1, -0.05) is 35.5 Å². The van der Waals surface area contributed by atoms with E-state index in [9.17, 15) is 4.79 Å². The Balaban J connectivity index is 1.77. The summed E-state index contributed by atoms with van der Waals surface area (Å²) in [5, 5.41) is 12.1. The maximum absolute atomic E-state index is 11.2. The van der Waals surface area contributed by atoms with Crippen molar-refractivity contribution in [1.29, 1.82) is 0 Å². The maximum atomic E-state index is 11.2. The number of rotatable bonds is 5. The van der Waals surface area contributed by atoms with Gasteiger partial charge in [0.1, 0.15) is 11.5 Å². The number of aromatic nitrogens is 4. The van der Waals surface area contributed by atoms with E-state index in [0.717, 1.165) is 22.1 Å². The van der Waals surface area contributed by atoms with Crippen molar-refractivity contribution in [3.8, 4) is 5.69 Å². The second kappa shape index (κ2) is 7.46. The quantitative estimate of drug-likeness (QED) is 0.557. The van der Waals surface area contributed by atoms with Gasteiger partial charge in [0.15, 0.2) is 5.16 Å². The molecule has 6 nitrogen and oxygen atoms in total. The van der Waals surface area contributed by atoms with Gasteiger partial charge in [0, 0.05) is 24.6 Å². The molecule has 0 saturated heterocycles. The molecular formula is C16H14ClN5OS. The molecule has 0 radical (unpaired) electrons. The van der Waals surface area contributed by atoms with Gasteiger partial charge in [-0.15, -0.1) is 10.2 Å². The lowest BCUT2D eigenvalue weighted by Crippen LogP contribution is -2.06. The molecule has 3 rings (SSSR count). The number of anilines is 1. The maximum Gasteiger partial charge on any atom is 0.221 e. The van der Waals surface area contributed by atoms with Crippen LogP contribution in [0.25, 0.3) is 5.69 Å². The van der Waals surface area contributed by atoms with Crippen LogP contribution in [0.2, 0.25) is 5.15 Å². The molecule has 1 aromatic carbocycles. The zero-order valence-corrected chi connectivity index (χ0v) is 14.4. The first-order chi connectivity index (χ1) is 11.6. The zero-order chi connectivity index (χ0) is 16.9. The van der Waals surface area contributed by atoms with Gasteiger partial charge in [-0.2, -0.15) is 0 Å². The summed E-state index contributed by atoms with van der Waals surface area (Å²) in [7, 11) is 0. The topological polar surface area (TPSA) is 72.7 Å². The van der Waals surface area contributed by atoms with Crippen LogP contribution in [0.15, 0.2) is 54.1 Å². The SMILES string of the molecule is CC(=O)Nc1cccc(-n2cnnc2SCc2ccc(Cl)nc2)c1. The molecule has 122 valence electrons. The molecule has 0 bridgehead atoms. The number of pyridine rings is 1. The fourth-order valence-electron chi connectivity index (χ4n) is 2.08. The summed E-state index contributed by atoms with van der Waals surface area (Å²) in [5.41, 5.74) is 2.65. The first-order valence-electron chi connectivity index (χ1n) is 7.13. The molecular weight excluding hydrogens is 346 g/mol. The number of hydrogen-bond donors (Lipinski definition) is 1. The summed E-state index contributed by atoms with van der Waals surface area (Å²) in [6.45, 7) is 1.48. The Kier molecular flexibility index (Phi) is 5.12. The van der Waals surface area contributed by atoms with Crippen LogP contribution in [-0.2, 0) is 10.5 Å². The molecule has 0 aliphatic carbocycles. The van der Waals surface area contributed by atoms with Crippen molar-refractivity contribution < 1.29 is 4.79 Å². The van der Waals surface area contributed by atoms with Gasteiger partial charge in [0.2, 0.25) is 5.91 Å². The second-order valence-electron chi connectivity index (χ2n) is 4.99. The van der Waals surface area contributed by atoms with Gasteiger partial charge in [-0.05, 0) is 29.8 Å². The summed E-state index contributed by atoms with van der Waals surface area (Å²) >= 11 is 7.34. The number of carbonyl (C=O) groups excluding carboxylic acids is 1. The molecule has 1 amide bonds. The smallest absolute Gasteiger partial charge is 0.221 e. The molecule has 8 heteroatoms. The number of nitrogens with one attached hydrogen (secondary N) is 1. The highest BCUT2D eigenvalue weighted by Crippen LogP contribution is 2.24. The van der Waals surface area contributed by atoms with Gasteiger partial charge in [-0.25, -0.2) is 4.98 Å². The zero-order valence-electron chi connectivity index (χ0n) is 12.8. The van der Waals surface area contributed by atoms with Crippen LogP contribution >= 0.6 is 23.4 Å². The van der Waals surface area contributed by atoms with Crippen LogP contribution in [-0.4, -0.2) is 25.7 Å². The van der Waals surface area contributed by atoms with Crippen molar-refractivity contribution in [3.63, 3.8) is 0 Å². The predicted molar refractivity (Wildman–Crippen MR) is 94.5 cm³/mol.